The standard InChI is InChI=1S/C17H24N4O2/c1-3-15(9-10-22)18-17(23)19-16-11-13(2)20-21(16)12-14-7-5-4-6-8-14/h4-8,11,15,22H,3,9-10,12H2,1-2H3,(H2,18,19,23). The lowest BCUT2D eigenvalue weighted by Crippen LogP contribution is -2.38. The van der Waals surface area contributed by atoms with Gasteiger partial charge in [-0.15, -0.1) is 0 Å². The largest absolute Gasteiger partial charge is 0.396 e. The van der Waals surface area contributed by atoms with Gasteiger partial charge in [-0.25, -0.2) is 9.48 Å². The van der Waals surface area contributed by atoms with Crippen molar-refractivity contribution in [2.75, 3.05) is 11.9 Å². The summed E-state index contributed by atoms with van der Waals surface area (Å²) in [5.74, 6) is 0.655. The molecule has 124 valence electrons. The monoisotopic (exact) mass is 316 g/mol. The van der Waals surface area contributed by atoms with E-state index in [9.17, 15) is 4.79 Å². The van der Waals surface area contributed by atoms with Crippen LogP contribution in [0.2, 0.25) is 0 Å². The average molecular weight is 316 g/mol. The fraction of sp³-hybridized carbons (Fsp3) is 0.412. The van der Waals surface area contributed by atoms with Crippen molar-refractivity contribution in [3.63, 3.8) is 0 Å². The van der Waals surface area contributed by atoms with Crippen molar-refractivity contribution in [3.05, 3.63) is 47.7 Å². The lowest BCUT2D eigenvalue weighted by Gasteiger charge is -2.16. The first kappa shape index (κ1) is 17.0. The molecule has 0 fully saturated rings. The molecule has 0 aliphatic rings. The molecule has 1 atom stereocenters. The van der Waals surface area contributed by atoms with Crippen molar-refractivity contribution in [1.82, 2.24) is 15.1 Å². The summed E-state index contributed by atoms with van der Waals surface area (Å²) in [7, 11) is 0. The number of carbonyl (C=O) groups excluding carboxylic acids is 1. The maximum Gasteiger partial charge on any atom is 0.320 e. The zero-order valence-electron chi connectivity index (χ0n) is 13.6. The molecule has 0 aliphatic heterocycles. The Morgan fingerprint density at radius 3 is 2.74 bits per heavy atom. The van der Waals surface area contributed by atoms with Gasteiger partial charge >= 0.3 is 6.03 Å². The van der Waals surface area contributed by atoms with E-state index in [-0.39, 0.29) is 18.7 Å². The zero-order chi connectivity index (χ0) is 16.7. The summed E-state index contributed by atoms with van der Waals surface area (Å²) in [6, 6.07) is 11.5. The first-order valence-electron chi connectivity index (χ1n) is 7.89. The number of aryl methyl sites for hydroxylation is 1. The molecule has 0 saturated heterocycles. The van der Waals surface area contributed by atoms with Crippen LogP contribution in [0.25, 0.3) is 0 Å². The zero-order valence-corrected chi connectivity index (χ0v) is 13.6. The van der Waals surface area contributed by atoms with E-state index in [2.05, 4.69) is 15.7 Å². The lowest BCUT2D eigenvalue weighted by molar-refractivity contribution is 0.237. The number of nitrogens with one attached hydrogen (secondary N) is 2. The highest BCUT2D eigenvalue weighted by molar-refractivity contribution is 5.88. The molecule has 0 aliphatic carbocycles. The van der Waals surface area contributed by atoms with Crippen molar-refractivity contribution in [2.24, 2.45) is 0 Å². The number of aromatic nitrogens is 2. The number of urea groups is 1. The number of benzene rings is 1. The maximum atomic E-state index is 12.1. The molecule has 1 heterocycles. The molecule has 3 N–H and O–H groups in total. The van der Waals surface area contributed by atoms with Crippen molar-refractivity contribution in [2.45, 2.75) is 39.3 Å². The summed E-state index contributed by atoms with van der Waals surface area (Å²) in [5.41, 5.74) is 1.96. The Morgan fingerprint density at radius 2 is 2.09 bits per heavy atom. The van der Waals surface area contributed by atoms with Gasteiger partial charge in [0.05, 0.1) is 12.2 Å². The van der Waals surface area contributed by atoms with Crippen LogP contribution in [-0.2, 0) is 6.54 Å². The summed E-state index contributed by atoms with van der Waals surface area (Å²) in [6.45, 7) is 4.53. The molecule has 0 bridgehead atoms. The van der Waals surface area contributed by atoms with Crippen LogP contribution < -0.4 is 10.6 Å². The Balaban J connectivity index is 2.03. The third kappa shape index (κ3) is 5.10. The van der Waals surface area contributed by atoms with Gasteiger partial charge in [0.15, 0.2) is 0 Å². The molecule has 6 nitrogen and oxygen atoms in total. The molecule has 6 heteroatoms. The predicted molar refractivity (Wildman–Crippen MR) is 90.4 cm³/mol. The fourth-order valence-corrected chi connectivity index (χ4v) is 2.39. The van der Waals surface area contributed by atoms with Crippen LogP contribution in [0, 0.1) is 6.92 Å². The predicted octanol–water partition coefficient (Wildman–Crippen LogP) is 2.52. The minimum Gasteiger partial charge on any atom is -0.396 e. The van der Waals surface area contributed by atoms with Crippen LogP contribution in [0.4, 0.5) is 10.6 Å². The van der Waals surface area contributed by atoms with Crippen LogP contribution in [0.15, 0.2) is 36.4 Å². The summed E-state index contributed by atoms with van der Waals surface area (Å²) in [6.07, 6.45) is 1.32. The second-order valence-electron chi connectivity index (χ2n) is 5.53. The molecule has 0 radical (unpaired) electrons. The number of carbonyl (C=O) groups is 1. The number of amides is 2. The van der Waals surface area contributed by atoms with Gasteiger partial charge in [0.2, 0.25) is 0 Å². The van der Waals surface area contributed by atoms with Crippen molar-refractivity contribution in [3.8, 4) is 0 Å². The Bertz CT molecular complexity index is 625. The van der Waals surface area contributed by atoms with Gasteiger partial charge in [0.1, 0.15) is 5.82 Å². The van der Waals surface area contributed by atoms with E-state index in [0.717, 1.165) is 17.7 Å². The minimum absolute atomic E-state index is 0.0356. The first-order valence-corrected chi connectivity index (χ1v) is 7.89. The molecular weight excluding hydrogens is 292 g/mol. The van der Waals surface area contributed by atoms with Crippen LogP contribution in [0.3, 0.4) is 0 Å². The SMILES string of the molecule is CCC(CCO)NC(=O)Nc1cc(C)nn1Cc1ccccc1. The van der Waals surface area contributed by atoms with E-state index in [1.54, 1.807) is 4.68 Å². The van der Waals surface area contributed by atoms with Gasteiger partial charge in [0, 0.05) is 18.7 Å². The highest BCUT2D eigenvalue weighted by Gasteiger charge is 2.13. The van der Waals surface area contributed by atoms with E-state index in [1.807, 2.05) is 50.2 Å². The van der Waals surface area contributed by atoms with E-state index in [1.165, 1.54) is 0 Å². The van der Waals surface area contributed by atoms with Crippen molar-refractivity contribution >= 4 is 11.8 Å². The number of hydrogen-bond acceptors (Lipinski definition) is 3. The Kier molecular flexibility index (Phi) is 6.17. The Morgan fingerprint density at radius 1 is 1.35 bits per heavy atom. The van der Waals surface area contributed by atoms with Gasteiger partial charge in [-0.3, -0.25) is 5.32 Å². The summed E-state index contributed by atoms with van der Waals surface area (Å²) in [5, 5.41) is 19.1. The van der Waals surface area contributed by atoms with Gasteiger partial charge < -0.3 is 10.4 Å². The molecule has 1 aromatic carbocycles. The average Bonchev–Trinajstić information content (AvgIpc) is 2.87. The molecule has 2 rings (SSSR count). The highest BCUT2D eigenvalue weighted by Crippen LogP contribution is 2.13. The van der Waals surface area contributed by atoms with E-state index >= 15 is 0 Å². The second-order valence-corrected chi connectivity index (χ2v) is 5.53. The maximum absolute atomic E-state index is 12.1. The molecule has 1 unspecified atom stereocenters. The summed E-state index contributed by atoms with van der Waals surface area (Å²) >= 11 is 0. The first-order chi connectivity index (χ1) is 11.1. The third-order valence-electron chi connectivity index (χ3n) is 3.62. The summed E-state index contributed by atoms with van der Waals surface area (Å²) < 4.78 is 1.78. The van der Waals surface area contributed by atoms with Crippen LogP contribution in [0.5, 0.6) is 0 Å². The topological polar surface area (TPSA) is 79.2 Å². The number of rotatable bonds is 7. The van der Waals surface area contributed by atoms with Crippen molar-refractivity contribution < 1.29 is 9.90 Å². The molecule has 2 amide bonds. The lowest BCUT2D eigenvalue weighted by atomic mass is 10.2. The molecule has 0 saturated carbocycles. The van der Waals surface area contributed by atoms with Crippen LogP contribution in [0.1, 0.15) is 31.0 Å². The Labute approximate surface area is 136 Å². The van der Waals surface area contributed by atoms with E-state index < -0.39 is 0 Å². The summed E-state index contributed by atoms with van der Waals surface area (Å²) in [4.78, 5) is 12.1. The third-order valence-corrected chi connectivity index (χ3v) is 3.62. The number of nitrogens with zero attached hydrogens (tertiary/aromatic N) is 2. The van der Waals surface area contributed by atoms with E-state index in [4.69, 9.17) is 5.11 Å². The van der Waals surface area contributed by atoms with Crippen LogP contribution in [-0.4, -0.2) is 33.6 Å². The fourth-order valence-electron chi connectivity index (χ4n) is 2.39. The van der Waals surface area contributed by atoms with Crippen molar-refractivity contribution in [1.29, 1.82) is 0 Å². The molecule has 0 spiro atoms. The number of aliphatic hydroxyl groups excluding tert-OH is 1. The minimum atomic E-state index is -0.278. The van der Waals surface area contributed by atoms with E-state index in [0.29, 0.717) is 18.8 Å². The number of hydrogen-bond donors (Lipinski definition) is 3. The second kappa shape index (κ2) is 8.33. The molecule has 2 aromatic rings. The van der Waals surface area contributed by atoms with Crippen LogP contribution >= 0.6 is 0 Å². The smallest absolute Gasteiger partial charge is 0.320 e. The Hall–Kier alpha value is -2.34. The molecule has 23 heavy (non-hydrogen) atoms. The molecular formula is C17H24N4O2. The van der Waals surface area contributed by atoms with Gasteiger partial charge in [0.25, 0.3) is 0 Å². The van der Waals surface area contributed by atoms with Gasteiger partial charge in [-0.05, 0) is 25.3 Å². The molecule has 1 aromatic heterocycles. The number of aliphatic hydroxyl groups is 1. The number of anilines is 1. The van der Waals surface area contributed by atoms with Gasteiger partial charge in [-0.1, -0.05) is 37.3 Å². The quantitative estimate of drug-likeness (QED) is 0.734. The normalized spacial score (nSPS) is 12.0. The van der Waals surface area contributed by atoms with Gasteiger partial charge in [-0.2, -0.15) is 5.10 Å². The highest BCUT2D eigenvalue weighted by atomic mass is 16.3.